The van der Waals surface area contributed by atoms with E-state index in [9.17, 15) is 9.90 Å². The summed E-state index contributed by atoms with van der Waals surface area (Å²) in [5, 5.41) is 10.4. The van der Waals surface area contributed by atoms with Crippen LogP contribution in [0.2, 0.25) is 10.0 Å². The van der Waals surface area contributed by atoms with E-state index in [1.54, 1.807) is 18.2 Å². The predicted octanol–water partition coefficient (Wildman–Crippen LogP) is 2.54. The fourth-order valence-electron chi connectivity index (χ4n) is 1.15. The smallest absolute Gasteiger partial charge is 0.339 e. The lowest BCUT2D eigenvalue weighted by molar-refractivity contribution is -0.147. The molecule has 0 amide bonds. The van der Waals surface area contributed by atoms with Gasteiger partial charge in [-0.2, -0.15) is 0 Å². The molecule has 0 spiro atoms. The highest BCUT2D eigenvalue weighted by Crippen LogP contribution is 2.25. The Morgan fingerprint density at radius 3 is 2.31 bits per heavy atom. The fraction of sp³-hybridized carbons (Fsp3) is 0.182. The maximum atomic E-state index is 11.1. The molecule has 1 atom stereocenters. The minimum atomic E-state index is -1.42. The van der Waals surface area contributed by atoms with Crippen LogP contribution in [0.1, 0.15) is 5.56 Å². The third kappa shape index (κ3) is 2.98. The molecule has 0 saturated carbocycles. The highest BCUT2D eigenvalue weighted by atomic mass is 35.5. The Labute approximate surface area is 103 Å². The Kier molecular flexibility index (Phi) is 4.35. The summed E-state index contributed by atoms with van der Waals surface area (Å²) < 4.78 is 4.40. The molecule has 0 aliphatic heterocycles. The number of aliphatic hydroxyl groups excluding tert-OH is 1. The van der Waals surface area contributed by atoms with Gasteiger partial charge in [0.15, 0.2) is 6.10 Å². The van der Waals surface area contributed by atoms with E-state index in [-0.39, 0.29) is 5.57 Å². The molecule has 1 rings (SSSR count). The van der Waals surface area contributed by atoms with Gasteiger partial charge >= 0.3 is 5.97 Å². The topological polar surface area (TPSA) is 46.5 Å². The Morgan fingerprint density at radius 2 is 1.88 bits per heavy atom. The lowest BCUT2D eigenvalue weighted by atomic mass is 10.0. The molecule has 0 heterocycles. The SMILES string of the molecule is C=C(c1cc(Cl)cc(Cl)c1)C(O)C(=O)OC. The van der Waals surface area contributed by atoms with Crippen molar-refractivity contribution >= 4 is 34.7 Å². The van der Waals surface area contributed by atoms with E-state index in [1.165, 1.54) is 7.11 Å². The van der Waals surface area contributed by atoms with Gasteiger partial charge in [0.1, 0.15) is 0 Å². The van der Waals surface area contributed by atoms with Crippen molar-refractivity contribution < 1.29 is 14.6 Å². The Hall–Kier alpha value is -1.03. The fourth-order valence-corrected chi connectivity index (χ4v) is 1.68. The van der Waals surface area contributed by atoms with Gasteiger partial charge in [-0.3, -0.25) is 0 Å². The number of carbonyl (C=O) groups is 1. The number of carbonyl (C=O) groups excluding carboxylic acids is 1. The summed E-state index contributed by atoms with van der Waals surface area (Å²) in [6.45, 7) is 3.61. The van der Waals surface area contributed by atoms with Crippen LogP contribution in [-0.2, 0) is 9.53 Å². The lowest BCUT2D eigenvalue weighted by Gasteiger charge is -2.12. The Balaban J connectivity index is 3.00. The maximum Gasteiger partial charge on any atom is 0.339 e. The molecule has 1 N–H and O–H groups in total. The van der Waals surface area contributed by atoms with Gasteiger partial charge < -0.3 is 9.84 Å². The van der Waals surface area contributed by atoms with Crippen molar-refractivity contribution in [3.63, 3.8) is 0 Å². The second kappa shape index (κ2) is 5.34. The summed E-state index contributed by atoms with van der Waals surface area (Å²) in [5.74, 6) is -0.777. The van der Waals surface area contributed by atoms with E-state index in [0.29, 0.717) is 15.6 Å². The average molecular weight is 261 g/mol. The highest BCUT2D eigenvalue weighted by Gasteiger charge is 2.20. The summed E-state index contributed by atoms with van der Waals surface area (Å²) in [4.78, 5) is 11.1. The summed E-state index contributed by atoms with van der Waals surface area (Å²) in [6, 6.07) is 4.66. The number of hydrogen-bond acceptors (Lipinski definition) is 3. The van der Waals surface area contributed by atoms with E-state index in [1.807, 2.05) is 0 Å². The van der Waals surface area contributed by atoms with Gasteiger partial charge in [0, 0.05) is 10.0 Å². The van der Waals surface area contributed by atoms with Gasteiger partial charge in [0.2, 0.25) is 0 Å². The van der Waals surface area contributed by atoms with Crippen molar-refractivity contribution in [2.45, 2.75) is 6.10 Å². The molecule has 1 aromatic carbocycles. The summed E-state index contributed by atoms with van der Waals surface area (Å²) in [6.07, 6.45) is -1.42. The largest absolute Gasteiger partial charge is 0.467 e. The molecule has 86 valence electrons. The first-order valence-electron chi connectivity index (χ1n) is 4.37. The van der Waals surface area contributed by atoms with Crippen LogP contribution in [0.4, 0.5) is 0 Å². The van der Waals surface area contributed by atoms with Gasteiger partial charge in [-0.15, -0.1) is 0 Å². The number of halogens is 2. The van der Waals surface area contributed by atoms with Crippen LogP contribution in [-0.4, -0.2) is 24.3 Å². The third-order valence-electron chi connectivity index (χ3n) is 1.99. The van der Waals surface area contributed by atoms with Crippen molar-refractivity contribution in [2.75, 3.05) is 7.11 Å². The van der Waals surface area contributed by atoms with E-state index in [4.69, 9.17) is 23.2 Å². The number of rotatable bonds is 3. The predicted molar refractivity (Wildman–Crippen MR) is 63.5 cm³/mol. The second-order valence-electron chi connectivity index (χ2n) is 3.11. The van der Waals surface area contributed by atoms with Crippen LogP contribution in [0, 0.1) is 0 Å². The summed E-state index contributed by atoms with van der Waals surface area (Å²) in [7, 11) is 1.18. The van der Waals surface area contributed by atoms with Crippen LogP contribution in [0.25, 0.3) is 5.57 Å². The minimum Gasteiger partial charge on any atom is -0.467 e. The number of methoxy groups -OCH3 is 1. The number of ether oxygens (including phenoxy) is 1. The molecule has 0 fully saturated rings. The first-order chi connectivity index (χ1) is 7.45. The van der Waals surface area contributed by atoms with Gasteiger partial charge in [0.05, 0.1) is 7.11 Å². The molecule has 1 aromatic rings. The van der Waals surface area contributed by atoms with Gasteiger partial charge in [-0.05, 0) is 29.3 Å². The lowest BCUT2D eigenvalue weighted by Crippen LogP contribution is -2.22. The summed E-state index contributed by atoms with van der Waals surface area (Å²) >= 11 is 11.6. The minimum absolute atomic E-state index is 0.191. The van der Waals surface area contributed by atoms with Crippen molar-refractivity contribution in [3.05, 3.63) is 40.4 Å². The highest BCUT2D eigenvalue weighted by molar-refractivity contribution is 6.34. The summed E-state index contributed by atoms with van der Waals surface area (Å²) in [5.41, 5.74) is 0.687. The molecule has 0 saturated heterocycles. The molecule has 0 aliphatic rings. The molecule has 0 aromatic heterocycles. The zero-order valence-corrected chi connectivity index (χ0v) is 10.0. The molecule has 16 heavy (non-hydrogen) atoms. The van der Waals surface area contributed by atoms with Crippen molar-refractivity contribution in [3.8, 4) is 0 Å². The molecule has 0 aliphatic carbocycles. The van der Waals surface area contributed by atoms with Gasteiger partial charge in [0.25, 0.3) is 0 Å². The Morgan fingerprint density at radius 1 is 1.38 bits per heavy atom. The molecular formula is C11H10Cl2O3. The van der Waals surface area contributed by atoms with E-state index in [0.717, 1.165) is 0 Å². The van der Waals surface area contributed by atoms with Gasteiger partial charge in [-0.25, -0.2) is 4.79 Å². The van der Waals surface area contributed by atoms with Gasteiger partial charge in [-0.1, -0.05) is 29.8 Å². The van der Waals surface area contributed by atoms with Crippen LogP contribution < -0.4 is 0 Å². The maximum absolute atomic E-state index is 11.1. The van der Waals surface area contributed by atoms with Crippen LogP contribution in [0.5, 0.6) is 0 Å². The van der Waals surface area contributed by atoms with E-state index >= 15 is 0 Å². The third-order valence-corrected chi connectivity index (χ3v) is 2.42. The van der Waals surface area contributed by atoms with Crippen LogP contribution in [0.15, 0.2) is 24.8 Å². The normalized spacial score (nSPS) is 12.0. The number of benzene rings is 1. The van der Waals surface area contributed by atoms with E-state index in [2.05, 4.69) is 11.3 Å². The molecule has 1 unspecified atom stereocenters. The zero-order chi connectivity index (χ0) is 12.3. The number of aliphatic hydroxyl groups is 1. The molecule has 0 radical (unpaired) electrons. The Bertz CT molecular complexity index is 409. The van der Waals surface area contributed by atoms with Crippen LogP contribution in [0.3, 0.4) is 0 Å². The van der Waals surface area contributed by atoms with E-state index < -0.39 is 12.1 Å². The number of esters is 1. The van der Waals surface area contributed by atoms with Crippen molar-refractivity contribution in [1.82, 2.24) is 0 Å². The molecule has 5 heteroatoms. The standard InChI is InChI=1S/C11H10Cl2O3/c1-6(10(14)11(15)16-2)7-3-8(12)5-9(13)4-7/h3-5,10,14H,1H2,2H3. The molecule has 3 nitrogen and oxygen atoms in total. The van der Waals surface area contributed by atoms with Crippen molar-refractivity contribution in [1.29, 1.82) is 0 Å². The van der Waals surface area contributed by atoms with Crippen molar-refractivity contribution in [2.24, 2.45) is 0 Å². The quantitative estimate of drug-likeness (QED) is 0.850. The first-order valence-corrected chi connectivity index (χ1v) is 5.12. The second-order valence-corrected chi connectivity index (χ2v) is 3.98. The van der Waals surface area contributed by atoms with Crippen LogP contribution >= 0.6 is 23.2 Å². The monoisotopic (exact) mass is 260 g/mol. The number of hydrogen-bond donors (Lipinski definition) is 1. The molecular weight excluding hydrogens is 251 g/mol. The first kappa shape index (κ1) is 13.0. The zero-order valence-electron chi connectivity index (χ0n) is 8.54. The molecule has 0 bridgehead atoms. The average Bonchev–Trinajstić information content (AvgIpc) is 2.24.